The molecule has 3 nitrogen and oxygen atoms in total. The van der Waals surface area contributed by atoms with Crippen molar-refractivity contribution in [3.63, 3.8) is 0 Å². The van der Waals surface area contributed by atoms with Crippen LogP contribution in [0.25, 0.3) is 0 Å². The highest BCUT2D eigenvalue weighted by Crippen LogP contribution is 2.64. The number of hydrogen-bond acceptors (Lipinski definition) is 3. The maximum absolute atomic E-state index is 13.4. The quantitative estimate of drug-likeness (QED) is 0.170. The summed E-state index contributed by atoms with van der Waals surface area (Å²) in [7, 11) is -6.93. The number of rotatable bonds is 10. The Labute approximate surface area is 178 Å². The zero-order valence-corrected chi connectivity index (χ0v) is 15.9. The van der Waals surface area contributed by atoms with Crippen LogP contribution in [-0.4, -0.2) is 68.2 Å². The second-order valence-electron chi connectivity index (χ2n) is 6.12. The van der Waals surface area contributed by atoms with Crippen molar-refractivity contribution in [2.24, 2.45) is 0 Å². The van der Waals surface area contributed by atoms with Gasteiger partial charge in [0.1, 0.15) is 0 Å². The van der Waals surface area contributed by atoms with Crippen molar-refractivity contribution >= 4 is 10.1 Å². The van der Waals surface area contributed by atoms with E-state index >= 15 is 0 Å². The van der Waals surface area contributed by atoms with Gasteiger partial charge in [0.05, 0.1) is 6.61 Å². The summed E-state index contributed by atoms with van der Waals surface area (Å²) in [5.74, 6) is -58.6. The Morgan fingerprint density at radius 2 is 0.743 bits per heavy atom. The maximum atomic E-state index is 13.4. The van der Waals surface area contributed by atoms with E-state index < -0.39 is 76.3 Å². The summed E-state index contributed by atoms with van der Waals surface area (Å²) in [4.78, 5) is 0. The van der Waals surface area contributed by atoms with Gasteiger partial charge in [0.15, 0.2) is 0 Å². The summed E-state index contributed by atoms with van der Waals surface area (Å²) in [6.45, 7) is -2.93. The van der Waals surface area contributed by atoms with E-state index in [0.29, 0.717) is 0 Å². The lowest BCUT2D eigenvalue weighted by atomic mass is 9.88. The van der Waals surface area contributed by atoms with E-state index in [1.54, 1.807) is 0 Å². The van der Waals surface area contributed by atoms with Crippen molar-refractivity contribution < 1.29 is 100 Å². The van der Waals surface area contributed by atoms with Gasteiger partial charge in [0.25, 0.3) is 0 Å². The van der Waals surface area contributed by atoms with Crippen LogP contribution in [0.4, 0.5) is 87.8 Å². The zero-order valence-electron chi connectivity index (χ0n) is 15.1. The summed E-state index contributed by atoms with van der Waals surface area (Å²) < 4.78 is 279. The topological polar surface area (TPSA) is 43.4 Å². The van der Waals surface area contributed by atoms with Gasteiger partial charge in [-0.15, -0.1) is 0 Å². The van der Waals surface area contributed by atoms with Gasteiger partial charge in [0, 0.05) is 6.42 Å². The SMILES string of the molecule is O=S(=O)(OCCC(F)(F)C(F)(F)C(F)(F)C(F)(F)C(F)(F)C(F)(F)C(F)(F)C(F)(F)F)C(F)(F)F. The molecule has 0 aromatic carbocycles. The van der Waals surface area contributed by atoms with Crippen LogP contribution in [0.5, 0.6) is 0 Å². The van der Waals surface area contributed by atoms with E-state index in [4.69, 9.17) is 0 Å². The average molecular weight is 596 g/mol. The predicted octanol–water partition coefficient (Wildman–Crippen LogP) is 6.25. The Kier molecular flexibility index (Phi) is 8.17. The molecule has 0 radical (unpaired) electrons. The minimum Gasteiger partial charge on any atom is -0.263 e. The zero-order chi connectivity index (χ0) is 29.1. The van der Waals surface area contributed by atoms with Crippen LogP contribution in [0.1, 0.15) is 6.42 Å². The first kappa shape index (κ1) is 33.5. The molecule has 0 N–H and O–H groups in total. The highest BCUT2D eigenvalue weighted by atomic mass is 32.2. The second kappa shape index (κ2) is 8.53. The molecule has 0 heterocycles. The van der Waals surface area contributed by atoms with Crippen molar-refractivity contribution in [2.75, 3.05) is 6.61 Å². The minimum atomic E-state index is -8.86. The molecule has 0 spiro atoms. The molecule has 0 aliphatic carbocycles. The van der Waals surface area contributed by atoms with E-state index in [1.165, 1.54) is 0 Å². The monoisotopic (exact) mass is 596 g/mol. The third kappa shape index (κ3) is 4.91. The second-order valence-corrected chi connectivity index (χ2v) is 7.73. The maximum Gasteiger partial charge on any atom is 0.523 e. The Morgan fingerprint density at radius 3 is 1.03 bits per heavy atom. The molecule has 0 aliphatic heterocycles. The van der Waals surface area contributed by atoms with Crippen LogP contribution in [0, 0.1) is 0 Å². The normalized spacial score (nSPS) is 16.6. The third-order valence-corrected chi connectivity index (χ3v) is 4.77. The van der Waals surface area contributed by atoms with Crippen LogP contribution in [0.2, 0.25) is 0 Å². The average Bonchev–Trinajstić information content (AvgIpc) is 2.58. The van der Waals surface area contributed by atoms with E-state index in [2.05, 4.69) is 4.18 Å². The van der Waals surface area contributed by atoms with Crippen molar-refractivity contribution in [3.8, 4) is 0 Å². The van der Waals surface area contributed by atoms with E-state index in [-0.39, 0.29) is 0 Å². The molecule has 0 saturated heterocycles. The van der Waals surface area contributed by atoms with Gasteiger partial charge >= 0.3 is 63.3 Å². The molecule has 0 aromatic rings. The molecule has 0 unspecified atom stereocenters. The standard InChI is InChI=1S/C11H4F20O3S/c12-3(13,1-2-34-35(32,33)11(29,30)31)4(14,15)5(16,17)6(18,19)7(20,21)8(22,23)9(24,25)10(26,27)28/h1-2H2. The van der Waals surface area contributed by atoms with Crippen LogP contribution >= 0.6 is 0 Å². The summed E-state index contributed by atoms with van der Waals surface area (Å²) >= 11 is 0. The van der Waals surface area contributed by atoms with Crippen LogP contribution in [0.15, 0.2) is 0 Å². The number of halogens is 20. The van der Waals surface area contributed by atoms with Gasteiger partial charge in [-0.1, -0.05) is 0 Å². The smallest absolute Gasteiger partial charge is 0.263 e. The molecule has 0 aromatic heterocycles. The van der Waals surface area contributed by atoms with Gasteiger partial charge in [0.2, 0.25) is 0 Å². The fourth-order valence-corrected chi connectivity index (χ4v) is 2.14. The molecule has 0 fully saturated rings. The van der Waals surface area contributed by atoms with Crippen LogP contribution in [0.3, 0.4) is 0 Å². The summed E-state index contributed by atoms with van der Waals surface area (Å²) in [5.41, 5.74) is -6.46. The Balaban J connectivity index is 6.40. The summed E-state index contributed by atoms with van der Waals surface area (Å²) in [6, 6.07) is 0. The highest BCUT2D eigenvalue weighted by Gasteiger charge is 2.95. The molecule has 0 atom stereocenters. The van der Waals surface area contributed by atoms with Crippen LogP contribution < -0.4 is 0 Å². The molecule has 0 amide bonds. The first-order valence-corrected chi connectivity index (χ1v) is 8.78. The molecule has 35 heavy (non-hydrogen) atoms. The number of hydrogen-bond donors (Lipinski definition) is 0. The highest BCUT2D eigenvalue weighted by molar-refractivity contribution is 7.87. The summed E-state index contributed by atoms with van der Waals surface area (Å²) in [6.07, 6.45) is -11.4. The molecule has 212 valence electrons. The summed E-state index contributed by atoms with van der Waals surface area (Å²) in [5, 5.41) is 0. The fourth-order valence-electron chi connectivity index (χ4n) is 1.70. The first-order valence-electron chi connectivity index (χ1n) is 7.38. The van der Waals surface area contributed by atoms with Gasteiger partial charge in [-0.3, -0.25) is 4.18 Å². The fraction of sp³-hybridized carbons (Fsp3) is 1.00. The van der Waals surface area contributed by atoms with Crippen LogP contribution in [-0.2, 0) is 14.3 Å². The van der Waals surface area contributed by atoms with E-state index in [1.807, 2.05) is 0 Å². The molecular formula is C11H4F20O3S. The van der Waals surface area contributed by atoms with E-state index in [9.17, 15) is 96.2 Å². The van der Waals surface area contributed by atoms with Gasteiger partial charge in [-0.05, 0) is 0 Å². The molecular weight excluding hydrogens is 592 g/mol. The Bertz CT molecular complexity index is 866. The number of alkyl halides is 20. The lowest BCUT2D eigenvalue weighted by Gasteiger charge is -2.42. The lowest BCUT2D eigenvalue weighted by Crippen LogP contribution is -2.74. The van der Waals surface area contributed by atoms with Crippen molar-refractivity contribution in [1.82, 2.24) is 0 Å². The van der Waals surface area contributed by atoms with E-state index in [0.717, 1.165) is 0 Å². The van der Waals surface area contributed by atoms with Gasteiger partial charge in [-0.25, -0.2) is 0 Å². The molecule has 24 heteroatoms. The molecule has 0 saturated carbocycles. The van der Waals surface area contributed by atoms with Crippen molar-refractivity contribution in [1.29, 1.82) is 0 Å². The molecule has 0 rings (SSSR count). The molecule has 0 bridgehead atoms. The largest absolute Gasteiger partial charge is 0.523 e. The van der Waals surface area contributed by atoms with Crippen molar-refractivity contribution in [3.05, 3.63) is 0 Å². The first-order chi connectivity index (χ1) is 14.7. The Morgan fingerprint density at radius 1 is 0.457 bits per heavy atom. The van der Waals surface area contributed by atoms with Gasteiger partial charge in [-0.2, -0.15) is 96.2 Å². The minimum absolute atomic E-state index is 2.64. The Hall–Kier alpha value is -1.49. The van der Waals surface area contributed by atoms with Crippen molar-refractivity contribution in [2.45, 2.75) is 59.6 Å². The van der Waals surface area contributed by atoms with Gasteiger partial charge < -0.3 is 0 Å². The third-order valence-electron chi connectivity index (χ3n) is 3.73. The lowest BCUT2D eigenvalue weighted by molar-refractivity contribution is -0.461. The molecule has 0 aliphatic rings. The predicted molar refractivity (Wildman–Crippen MR) is 66.2 cm³/mol.